The van der Waals surface area contributed by atoms with Crippen molar-refractivity contribution in [2.45, 2.75) is 12.5 Å². The Morgan fingerprint density at radius 2 is 1.74 bits per heavy atom. The van der Waals surface area contributed by atoms with Gasteiger partial charge in [0.15, 0.2) is 5.13 Å². The molecule has 0 fully saturated rings. The van der Waals surface area contributed by atoms with Gasteiger partial charge in [-0.1, -0.05) is 60.7 Å². The maximum atomic E-state index is 11.2. The van der Waals surface area contributed by atoms with Gasteiger partial charge in [-0.25, -0.2) is 10.4 Å². The highest BCUT2D eigenvalue weighted by molar-refractivity contribution is 7.14. The number of carbonyl (C=O) groups excluding carboxylic acids is 1. The molecule has 0 radical (unpaired) electrons. The van der Waals surface area contributed by atoms with Crippen LogP contribution < -0.4 is 10.9 Å². The Morgan fingerprint density at radius 3 is 2.43 bits per heavy atom. The van der Waals surface area contributed by atoms with Crippen LogP contribution in [0.3, 0.4) is 0 Å². The third kappa shape index (κ3) is 4.25. The van der Waals surface area contributed by atoms with Crippen molar-refractivity contribution >= 4 is 22.8 Å². The lowest BCUT2D eigenvalue weighted by atomic mass is 10.1. The zero-order chi connectivity index (χ0) is 15.9. The van der Waals surface area contributed by atoms with Crippen molar-refractivity contribution in [3.63, 3.8) is 0 Å². The van der Waals surface area contributed by atoms with E-state index in [4.69, 9.17) is 0 Å². The summed E-state index contributed by atoms with van der Waals surface area (Å²) in [6.45, 7) is 0. The number of nitrogens with zero attached hydrogens (tertiary/aromatic N) is 1. The second kappa shape index (κ2) is 7.67. The second-order valence-corrected chi connectivity index (χ2v) is 5.96. The molecule has 0 saturated carbocycles. The SMILES string of the molecule is O=CC(Cc1ccccc1)NNc1nc(-c2ccccc2)cs1. The molecule has 2 N–H and O–H groups in total. The van der Waals surface area contributed by atoms with E-state index < -0.39 is 0 Å². The van der Waals surface area contributed by atoms with Gasteiger partial charge in [0.05, 0.1) is 11.7 Å². The lowest BCUT2D eigenvalue weighted by molar-refractivity contribution is -0.109. The quantitative estimate of drug-likeness (QED) is 0.516. The summed E-state index contributed by atoms with van der Waals surface area (Å²) < 4.78 is 0. The van der Waals surface area contributed by atoms with Crippen LogP contribution in [0.2, 0.25) is 0 Å². The first-order chi connectivity index (χ1) is 11.3. The Morgan fingerprint density at radius 1 is 1.04 bits per heavy atom. The molecule has 23 heavy (non-hydrogen) atoms. The monoisotopic (exact) mass is 323 g/mol. The van der Waals surface area contributed by atoms with E-state index >= 15 is 0 Å². The molecule has 116 valence electrons. The lowest BCUT2D eigenvalue weighted by Crippen LogP contribution is -2.36. The Balaban J connectivity index is 1.59. The molecule has 0 aliphatic heterocycles. The van der Waals surface area contributed by atoms with Gasteiger partial charge in [0.1, 0.15) is 6.29 Å². The molecule has 0 aliphatic carbocycles. The molecular formula is C18H17N3OS. The average Bonchev–Trinajstić information content (AvgIpc) is 3.09. The van der Waals surface area contributed by atoms with Gasteiger partial charge < -0.3 is 4.79 Å². The first-order valence-electron chi connectivity index (χ1n) is 7.37. The summed E-state index contributed by atoms with van der Waals surface area (Å²) in [5.41, 5.74) is 9.17. The van der Waals surface area contributed by atoms with Crippen LogP contribution in [0.15, 0.2) is 66.0 Å². The van der Waals surface area contributed by atoms with Gasteiger partial charge in [-0.2, -0.15) is 0 Å². The summed E-state index contributed by atoms with van der Waals surface area (Å²) in [7, 11) is 0. The molecule has 0 bridgehead atoms. The molecule has 1 heterocycles. The highest BCUT2D eigenvalue weighted by atomic mass is 32.1. The van der Waals surface area contributed by atoms with Crippen molar-refractivity contribution < 1.29 is 4.79 Å². The van der Waals surface area contributed by atoms with Crippen LogP contribution in [-0.4, -0.2) is 17.3 Å². The number of thiazole rings is 1. The van der Waals surface area contributed by atoms with Gasteiger partial charge in [-0.05, 0) is 12.0 Å². The minimum atomic E-state index is -0.304. The van der Waals surface area contributed by atoms with Crippen LogP contribution in [0.25, 0.3) is 11.3 Å². The molecule has 1 atom stereocenters. The van der Waals surface area contributed by atoms with Crippen molar-refractivity contribution in [2.75, 3.05) is 5.43 Å². The number of rotatable bonds is 7. The molecule has 3 rings (SSSR count). The fraction of sp³-hybridized carbons (Fsp3) is 0.111. The highest BCUT2D eigenvalue weighted by Crippen LogP contribution is 2.24. The molecule has 0 amide bonds. The molecule has 0 aliphatic rings. The zero-order valence-corrected chi connectivity index (χ0v) is 13.3. The van der Waals surface area contributed by atoms with Crippen molar-refractivity contribution in [2.24, 2.45) is 0 Å². The number of hydrogen-bond acceptors (Lipinski definition) is 5. The largest absolute Gasteiger partial charge is 0.302 e. The number of nitrogens with one attached hydrogen (secondary N) is 2. The zero-order valence-electron chi connectivity index (χ0n) is 12.5. The van der Waals surface area contributed by atoms with E-state index in [-0.39, 0.29) is 6.04 Å². The van der Waals surface area contributed by atoms with Crippen LogP contribution in [0.1, 0.15) is 5.56 Å². The predicted octanol–water partition coefficient (Wildman–Crippen LogP) is 3.54. The molecule has 3 aromatic rings. The number of benzene rings is 2. The van der Waals surface area contributed by atoms with Crippen molar-refractivity contribution in [1.29, 1.82) is 0 Å². The first-order valence-corrected chi connectivity index (χ1v) is 8.25. The Labute approximate surface area is 139 Å². The molecular weight excluding hydrogens is 306 g/mol. The maximum Gasteiger partial charge on any atom is 0.197 e. The smallest absolute Gasteiger partial charge is 0.197 e. The maximum absolute atomic E-state index is 11.2. The molecule has 4 nitrogen and oxygen atoms in total. The van der Waals surface area contributed by atoms with Crippen molar-refractivity contribution in [1.82, 2.24) is 10.4 Å². The average molecular weight is 323 g/mol. The Kier molecular flexibility index (Phi) is 5.13. The summed E-state index contributed by atoms with van der Waals surface area (Å²) in [6, 6.07) is 19.6. The van der Waals surface area contributed by atoms with Crippen molar-refractivity contribution in [3.8, 4) is 11.3 Å². The fourth-order valence-corrected chi connectivity index (χ4v) is 2.91. The molecule has 2 aromatic carbocycles. The van der Waals surface area contributed by atoms with E-state index in [1.165, 1.54) is 11.3 Å². The first kappa shape index (κ1) is 15.4. The van der Waals surface area contributed by atoms with Crippen molar-refractivity contribution in [3.05, 3.63) is 71.6 Å². The van der Waals surface area contributed by atoms with E-state index in [1.807, 2.05) is 66.0 Å². The number of anilines is 1. The van der Waals surface area contributed by atoms with Crippen LogP contribution in [0.5, 0.6) is 0 Å². The summed E-state index contributed by atoms with van der Waals surface area (Å²) in [5.74, 6) is 0. The number of aldehydes is 1. The van der Waals surface area contributed by atoms with Crippen LogP contribution in [-0.2, 0) is 11.2 Å². The van der Waals surface area contributed by atoms with Gasteiger partial charge in [0, 0.05) is 10.9 Å². The van der Waals surface area contributed by atoms with Crippen LogP contribution >= 0.6 is 11.3 Å². The number of aromatic nitrogens is 1. The van der Waals surface area contributed by atoms with E-state index in [2.05, 4.69) is 15.8 Å². The minimum Gasteiger partial charge on any atom is -0.302 e. The highest BCUT2D eigenvalue weighted by Gasteiger charge is 2.09. The molecule has 5 heteroatoms. The predicted molar refractivity (Wildman–Crippen MR) is 94.3 cm³/mol. The van der Waals surface area contributed by atoms with Gasteiger partial charge in [-0.15, -0.1) is 11.3 Å². The Bertz CT molecular complexity index is 743. The third-order valence-electron chi connectivity index (χ3n) is 3.40. The van der Waals surface area contributed by atoms with E-state index in [9.17, 15) is 4.79 Å². The summed E-state index contributed by atoms with van der Waals surface area (Å²) in [4.78, 5) is 15.8. The summed E-state index contributed by atoms with van der Waals surface area (Å²) in [6.07, 6.45) is 1.54. The molecule has 0 saturated heterocycles. The summed E-state index contributed by atoms with van der Waals surface area (Å²) in [5, 5.41) is 2.73. The molecule has 0 spiro atoms. The number of carbonyl (C=O) groups is 1. The van der Waals surface area contributed by atoms with E-state index in [1.54, 1.807) is 0 Å². The number of hydrogen-bond donors (Lipinski definition) is 2. The number of hydrazine groups is 1. The van der Waals surface area contributed by atoms with E-state index in [0.29, 0.717) is 6.42 Å². The van der Waals surface area contributed by atoms with Gasteiger partial charge in [0.2, 0.25) is 0 Å². The normalized spacial score (nSPS) is 11.8. The fourth-order valence-electron chi connectivity index (χ4n) is 2.23. The van der Waals surface area contributed by atoms with E-state index in [0.717, 1.165) is 28.2 Å². The Hall–Kier alpha value is -2.50. The van der Waals surface area contributed by atoms with Crippen LogP contribution in [0.4, 0.5) is 5.13 Å². The van der Waals surface area contributed by atoms with Gasteiger partial charge >= 0.3 is 0 Å². The van der Waals surface area contributed by atoms with Gasteiger partial charge in [-0.3, -0.25) is 5.43 Å². The summed E-state index contributed by atoms with van der Waals surface area (Å²) >= 11 is 1.50. The lowest BCUT2D eigenvalue weighted by Gasteiger charge is -2.13. The standard InChI is InChI=1S/C18H17N3OS/c22-12-16(11-14-7-3-1-4-8-14)20-21-18-19-17(13-23-18)15-9-5-2-6-10-15/h1-10,12-13,16,20H,11H2,(H,19,21). The minimum absolute atomic E-state index is 0.304. The second-order valence-electron chi connectivity index (χ2n) is 5.11. The van der Waals surface area contributed by atoms with Gasteiger partial charge in [0.25, 0.3) is 0 Å². The molecule has 1 unspecified atom stereocenters. The topological polar surface area (TPSA) is 54.0 Å². The van der Waals surface area contributed by atoms with Crippen LogP contribution in [0, 0.1) is 0 Å². The molecule has 1 aromatic heterocycles. The third-order valence-corrected chi connectivity index (χ3v) is 4.16.